The van der Waals surface area contributed by atoms with E-state index in [2.05, 4.69) is 34.6 Å². The lowest BCUT2D eigenvalue weighted by Gasteiger charge is -2.25. The molecule has 1 heterocycles. The zero-order valence-corrected chi connectivity index (χ0v) is 11.3. The van der Waals surface area contributed by atoms with Gasteiger partial charge in [0.25, 0.3) is 0 Å². The summed E-state index contributed by atoms with van der Waals surface area (Å²) in [6.07, 6.45) is 3.25. The van der Waals surface area contributed by atoms with E-state index in [1.54, 1.807) is 0 Å². The second-order valence-corrected chi connectivity index (χ2v) is 5.19. The summed E-state index contributed by atoms with van der Waals surface area (Å²) in [6, 6.07) is 0. The van der Waals surface area contributed by atoms with Crippen molar-refractivity contribution in [3.05, 3.63) is 11.9 Å². The molecule has 0 saturated carbocycles. The molecular weight excluding hydrogens is 230 g/mol. The number of hydrazine groups is 1. The van der Waals surface area contributed by atoms with Gasteiger partial charge in [0.1, 0.15) is 18.0 Å². The third kappa shape index (κ3) is 4.12. The van der Waals surface area contributed by atoms with E-state index in [0.717, 1.165) is 30.8 Å². The van der Waals surface area contributed by atoms with Gasteiger partial charge >= 0.3 is 0 Å². The molecule has 6 nitrogen and oxygen atoms in total. The first-order valence-corrected chi connectivity index (χ1v) is 6.13. The number of hydrogen-bond donors (Lipinski definition) is 4. The Morgan fingerprint density at radius 2 is 2.00 bits per heavy atom. The van der Waals surface area contributed by atoms with Crippen LogP contribution in [0.1, 0.15) is 32.3 Å². The highest BCUT2D eigenvalue weighted by molar-refractivity contribution is 5.55. The van der Waals surface area contributed by atoms with Crippen molar-refractivity contribution >= 4 is 11.6 Å². The molecule has 102 valence electrons. The van der Waals surface area contributed by atoms with Crippen LogP contribution in [0.2, 0.25) is 0 Å². The van der Waals surface area contributed by atoms with Crippen LogP contribution in [0.4, 0.5) is 11.6 Å². The molecule has 0 bridgehead atoms. The van der Waals surface area contributed by atoms with Crippen LogP contribution < -0.4 is 16.6 Å². The molecular formula is C12H23N5O. The molecule has 0 aromatic carbocycles. The maximum atomic E-state index is 8.86. The van der Waals surface area contributed by atoms with Crippen LogP contribution in [0.15, 0.2) is 6.33 Å². The molecule has 0 radical (unpaired) electrons. The van der Waals surface area contributed by atoms with Gasteiger partial charge in [0, 0.05) is 18.7 Å². The van der Waals surface area contributed by atoms with Gasteiger partial charge in [-0.1, -0.05) is 13.8 Å². The van der Waals surface area contributed by atoms with Crippen molar-refractivity contribution in [1.82, 2.24) is 9.97 Å². The van der Waals surface area contributed by atoms with Crippen LogP contribution in [-0.2, 0) is 0 Å². The van der Waals surface area contributed by atoms with E-state index in [9.17, 15) is 0 Å². The van der Waals surface area contributed by atoms with Gasteiger partial charge in [-0.25, -0.2) is 15.8 Å². The number of nitrogens with two attached hydrogens (primary N) is 1. The molecule has 1 aromatic rings. The van der Waals surface area contributed by atoms with Crippen molar-refractivity contribution < 1.29 is 5.11 Å². The van der Waals surface area contributed by atoms with E-state index >= 15 is 0 Å². The standard InChI is InChI=1S/C12H23N5O/c1-9-10(15-8-16-11(9)17-13)14-7-12(2,3)5-4-6-18/h8,18H,4-7,13H2,1-3H3,(H2,14,15,16,17). The second kappa shape index (κ2) is 6.51. The minimum atomic E-state index is 0.108. The first-order chi connectivity index (χ1) is 8.50. The monoisotopic (exact) mass is 253 g/mol. The third-order valence-electron chi connectivity index (χ3n) is 2.97. The predicted molar refractivity (Wildman–Crippen MR) is 73.2 cm³/mol. The number of nitrogens with one attached hydrogen (secondary N) is 2. The number of nitrogens with zero attached hydrogens (tertiary/aromatic N) is 2. The van der Waals surface area contributed by atoms with E-state index < -0.39 is 0 Å². The summed E-state index contributed by atoms with van der Waals surface area (Å²) in [5.74, 6) is 6.78. The second-order valence-electron chi connectivity index (χ2n) is 5.19. The van der Waals surface area contributed by atoms with Gasteiger partial charge in [-0.05, 0) is 25.2 Å². The van der Waals surface area contributed by atoms with Gasteiger partial charge in [-0.15, -0.1) is 0 Å². The van der Waals surface area contributed by atoms with E-state index in [1.165, 1.54) is 6.33 Å². The molecule has 6 heteroatoms. The molecule has 5 N–H and O–H groups in total. The zero-order valence-electron chi connectivity index (χ0n) is 11.3. The number of aromatic nitrogens is 2. The molecule has 0 unspecified atom stereocenters. The molecule has 0 atom stereocenters. The van der Waals surface area contributed by atoms with Crippen LogP contribution >= 0.6 is 0 Å². The van der Waals surface area contributed by atoms with Crippen molar-refractivity contribution in [1.29, 1.82) is 0 Å². The lowest BCUT2D eigenvalue weighted by Crippen LogP contribution is -2.24. The quantitative estimate of drug-likeness (QED) is 0.432. The highest BCUT2D eigenvalue weighted by atomic mass is 16.2. The molecule has 0 aliphatic carbocycles. The summed E-state index contributed by atoms with van der Waals surface area (Å²) in [4.78, 5) is 8.23. The number of aliphatic hydroxyl groups excluding tert-OH is 1. The van der Waals surface area contributed by atoms with Gasteiger partial charge in [-0.3, -0.25) is 0 Å². The molecule has 18 heavy (non-hydrogen) atoms. The Hall–Kier alpha value is -1.40. The summed E-state index contributed by atoms with van der Waals surface area (Å²) >= 11 is 0. The molecule has 0 saturated heterocycles. The average Bonchev–Trinajstić information content (AvgIpc) is 2.35. The Morgan fingerprint density at radius 1 is 1.33 bits per heavy atom. The summed E-state index contributed by atoms with van der Waals surface area (Å²) in [7, 11) is 0. The third-order valence-corrected chi connectivity index (χ3v) is 2.97. The number of anilines is 2. The van der Waals surface area contributed by atoms with Crippen molar-refractivity contribution in [2.75, 3.05) is 23.9 Å². The molecule has 0 spiro atoms. The van der Waals surface area contributed by atoms with Crippen LogP contribution in [0.3, 0.4) is 0 Å². The average molecular weight is 253 g/mol. The highest BCUT2D eigenvalue weighted by Crippen LogP contribution is 2.24. The fourth-order valence-electron chi connectivity index (χ4n) is 1.74. The van der Waals surface area contributed by atoms with E-state index in [4.69, 9.17) is 10.9 Å². The largest absolute Gasteiger partial charge is 0.396 e. The van der Waals surface area contributed by atoms with Crippen LogP contribution in [0, 0.1) is 12.3 Å². The van der Waals surface area contributed by atoms with E-state index in [0.29, 0.717) is 5.82 Å². The van der Waals surface area contributed by atoms with E-state index in [-0.39, 0.29) is 12.0 Å². The minimum Gasteiger partial charge on any atom is -0.396 e. The summed E-state index contributed by atoms with van der Waals surface area (Å²) in [6.45, 7) is 7.26. The Morgan fingerprint density at radius 3 is 2.61 bits per heavy atom. The number of nitrogen functional groups attached to an aromatic ring is 1. The Kier molecular flexibility index (Phi) is 5.30. The molecule has 1 aromatic heterocycles. The highest BCUT2D eigenvalue weighted by Gasteiger charge is 2.18. The van der Waals surface area contributed by atoms with Crippen molar-refractivity contribution in [2.45, 2.75) is 33.6 Å². The molecule has 0 aliphatic heterocycles. The van der Waals surface area contributed by atoms with Gasteiger partial charge in [0.05, 0.1) is 0 Å². The maximum absolute atomic E-state index is 8.86. The Bertz CT molecular complexity index is 381. The predicted octanol–water partition coefficient (Wildman–Crippen LogP) is 1.28. The summed E-state index contributed by atoms with van der Waals surface area (Å²) in [5, 5.41) is 12.2. The Labute approximate surface area is 108 Å². The van der Waals surface area contributed by atoms with Crippen LogP contribution in [-0.4, -0.2) is 28.2 Å². The fourth-order valence-corrected chi connectivity index (χ4v) is 1.74. The summed E-state index contributed by atoms with van der Waals surface area (Å²) in [5.41, 5.74) is 3.55. The first-order valence-electron chi connectivity index (χ1n) is 6.13. The molecule has 0 fully saturated rings. The SMILES string of the molecule is Cc1c(NN)ncnc1NCC(C)(C)CCCO. The van der Waals surface area contributed by atoms with Crippen molar-refractivity contribution in [3.63, 3.8) is 0 Å². The summed E-state index contributed by atoms with van der Waals surface area (Å²) < 4.78 is 0. The van der Waals surface area contributed by atoms with Gasteiger partial charge in [0.2, 0.25) is 0 Å². The van der Waals surface area contributed by atoms with Gasteiger partial charge in [0.15, 0.2) is 0 Å². The lowest BCUT2D eigenvalue weighted by molar-refractivity contribution is 0.248. The number of aliphatic hydroxyl groups is 1. The minimum absolute atomic E-state index is 0.108. The molecule has 0 amide bonds. The normalized spacial score (nSPS) is 11.4. The van der Waals surface area contributed by atoms with Crippen molar-refractivity contribution in [3.8, 4) is 0 Å². The van der Waals surface area contributed by atoms with Gasteiger partial charge in [-0.2, -0.15) is 0 Å². The topological polar surface area (TPSA) is 96.1 Å². The molecule has 0 aliphatic rings. The first kappa shape index (κ1) is 14.7. The maximum Gasteiger partial charge on any atom is 0.148 e. The lowest BCUT2D eigenvalue weighted by atomic mass is 9.88. The Balaban J connectivity index is 2.63. The number of rotatable bonds is 7. The smallest absolute Gasteiger partial charge is 0.148 e. The fraction of sp³-hybridized carbons (Fsp3) is 0.667. The number of hydrogen-bond acceptors (Lipinski definition) is 6. The molecule has 1 rings (SSSR count). The van der Waals surface area contributed by atoms with Gasteiger partial charge < -0.3 is 15.8 Å². The zero-order chi connectivity index (χ0) is 13.6. The van der Waals surface area contributed by atoms with E-state index in [1.807, 2.05) is 6.92 Å². The van der Waals surface area contributed by atoms with Crippen LogP contribution in [0.5, 0.6) is 0 Å². The van der Waals surface area contributed by atoms with Crippen molar-refractivity contribution in [2.24, 2.45) is 11.3 Å². The van der Waals surface area contributed by atoms with Crippen LogP contribution in [0.25, 0.3) is 0 Å².